The van der Waals surface area contributed by atoms with E-state index in [1.54, 1.807) is 14.0 Å². The molecule has 9 heteroatoms. The van der Waals surface area contributed by atoms with Crippen LogP contribution in [0, 0.1) is 0 Å². The maximum absolute atomic E-state index is 13.3. The first kappa shape index (κ1) is 21.7. The van der Waals surface area contributed by atoms with Crippen LogP contribution in [0.15, 0.2) is 24.3 Å². The van der Waals surface area contributed by atoms with Crippen molar-refractivity contribution in [2.75, 3.05) is 7.05 Å². The van der Waals surface area contributed by atoms with E-state index in [1.165, 1.54) is 10.5 Å². The molecule has 5 N–H and O–H groups in total. The fourth-order valence-electron chi connectivity index (χ4n) is 4.88. The Kier molecular flexibility index (Phi) is 6.27. The Morgan fingerprint density at radius 2 is 1.97 bits per heavy atom. The molecule has 9 nitrogen and oxygen atoms in total. The number of amides is 3. The minimum Gasteiger partial charge on any atom is -0.353 e. The largest absolute Gasteiger partial charge is 0.353 e. The number of benzene rings is 1. The van der Waals surface area contributed by atoms with Crippen molar-refractivity contribution in [3.05, 3.63) is 35.4 Å². The van der Waals surface area contributed by atoms with Gasteiger partial charge in [0.15, 0.2) is 0 Å². The number of nitrogens with two attached hydrogens (primary N) is 1. The molecule has 0 aromatic heterocycles. The summed E-state index contributed by atoms with van der Waals surface area (Å²) in [6, 6.07) is 6.62. The second-order valence-corrected chi connectivity index (χ2v) is 8.54. The monoisotopic (exact) mass is 429 g/mol. The predicted octanol–water partition coefficient (Wildman–Crippen LogP) is -0.0950. The minimum absolute atomic E-state index is 0.0552. The van der Waals surface area contributed by atoms with Crippen molar-refractivity contribution in [3.63, 3.8) is 0 Å². The average Bonchev–Trinajstić information content (AvgIpc) is 3.20. The molecule has 1 aromatic carbocycles. The van der Waals surface area contributed by atoms with Gasteiger partial charge in [0.05, 0.1) is 12.1 Å². The third-order valence-electron chi connectivity index (χ3n) is 6.57. The number of likely N-dealkylation sites (N-methyl/N-ethyl adjacent to an activating group) is 1. The normalized spacial score (nSPS) is 30.9. The number of hydrogen-bond acceptors (Lipinski definition) is 6. The Hall–Kier alpha value is -2.49. The summed E-state index contributed by atoms with van der Waals surface area (Å²) < 4.78 is 5.98. The number of fused-ring (bicyclic) bond motifs is 2. The molecule has 3 unspecified atom stereocenters. The summed E-state index contributed by atoms with van der Waals surface area (Å²) in [6.07, 6.45) is 2.13. The summed E-state index contributed by atoms with van der Waals surface area (Å²) in [7, 11) is 1.56. The zero-order valence-corrected chi connectivity index (χ0v) is 18.0. The maximum atomic E-state index is 13.3. The lowest BCUT2D eigenvalue weighted by atomic mass is 9.87. The standard InChI is InChI=1S/C22H31N5O4/c1-12-18(26-21(29)19(23)24-2)22(30)27-16(10-11-17(27)31-12)20(28)25-15-9-5-7-13-6-3-4-8-14(13)15/h3-4,6,8,12,15-19,24H,5,7,9-11,23H2,1-2H3,(H,25,28)(H,26,29)/t12-,15?,16?,17+,18?,19-/m1/s1. The Labute approximate surface area is 182 Å². The first-order valence-corrected chi connectivity index (χ1v) is 11.0. The van der Waals surface area contributed by atoms with E-state index in [-0.39, 0.29) is 17.9 Å². The first-order chi connectivity index (χ1) is 14.9. The van der Waals surface area contributed by atoms with Gasteiger partial charge < -0.3 is 26.0 Å². The molecule has 1 aliphatic carbocycles. The molecule has 0 bridgehead atoms. The van der Waals surface area contributed by atoms with Crippen molar-refractivity contribution in [2.24, 2.45) is 5.73 Å². The molecule has 0 spiro atoms. The van der Waals surface area contributed by atoms with Gasteiger partial charge in [0, 0.05) is 0 Å². The van der Waals surface area contributed by atoms with Crippen LogP contribution in [0.3, 0.4) is 0 Å². The van der Waals surface area contributed by atoms with Gasteiger partial charge in [-0.25, -0.2) is 0 Å². The predicted molar refractivity (Wildman–Crippen MR) is 113 cm³/mol. The van der Waals surface area contributed by atoms with Crippen LogP contribution in [0.25, 0.3) is 0 Å². The highest BCUT2D eigenvalue weighted by molar-refractivity contribution is 5.94. The molecule has 2 aliphatic heterocycles. The summed E-state index contributed by atoms with van der Waals surface area (Å²) in [6.45, 7) is 1.75. The van der Waals surface area contributed by atoms with Crippen LogP contribution in [-0.2, 0) is 25.5 Å². The fourth-order valence-corrected chi connectivity index (χ4v) is 4.88. The Balaban J connectivity index is 1.47. The lowest BCUT2D eigenvalue weighted by molar-refractivity contribution is -0.179. The minimum atomic E-state index is -0.929. The van der Waals surface area contributed by atoms with E-state index >= 15 is 0 Å². The van der Waals surface area contributed by atoms with Crippen LogP contribution in [0.1, 0.15) is 49.8 Å². The summed E-state index contributed by atoms with van der Waals surface area (Å²) in [5.41, 5.74) is 8.11. The Bertz CT molecular complexity index is 862. The van der Waals surface area contributed by atoms with Gasteiger partial charge in [-0.3, -0.25) is 19.7 Å². The smallest absolute Gasteiger partial charge is 0.252 e. The van der Waals surface area contributed by atoms with Crippen molar-refractivity contribution in [1.82, 2.24) is 20.9 Å². The van der Waals surface area contributed by atoms with Crippen LogP contribution in [0.4, 0.5) is 0 Å². The lowest BCUT2D eigenvalue weighted by Gasteiger charge is -2.41. The van der Waals surface area contributed by atoms with Crippen molar-refractivity contribution in [1.29, 1.82) is 0 Å². The summed E-state index contributed by atoms with van der Waals surface area (Å²) in [4.78, 5) is 40.2. The highest BCUT2D eigenvalue weighted by Crippen LogP contribution is 2.34. The third-order valence-corrected chi connectivity index (χ3v) is 6.57. The van der Waals surface area contributed by atoms with Gasteiger partial charge in [0.2, 0.25) is 5.91 Å². The molecule has 2 heterocycles. The molecule has 3 aliphatic rings. The van der Waals surface area contributed by atoms with Gasteiger partial charge in [-0.05, 0) is 57.2 Å². The van der Waals surface area contributed by atoms with Gasteiger partial charge in [0.1, 0.15) is 24.5 Å². The number of rotatable bonds is 5. The summed E-state index contributed by atoms with van der Waals surface area (Å²) in [5.74, 6) is -0.969. The number of nitrogens with zero attached hydrogens (tertiary/aromatic N) is 1. The van der Waals surface area contributed by atoms with E-state index in [2.05, 4.69) is 28.1 Å². The van der Waals surface area contributed by atoms with Crippen LogP contribution in [0.5, 0.6) is 0 Å². The molecule has 31 heavy (non-hydrogen) atoms. The molecule has 0 saturated carbocycles. The molecular formula is C22H31N5O4. The van der Waals surface area contributed by atoms with Crippen LogP contribution in [0.2, 0.25) is 0 Å². The van der Waals surface area contributed by atoms with E-state index in [9.17, 15) is 14.4 Å². The molecule has 0 radical (unpaired) electrons. The molecule has 3 amide bonds. The van der Waals surface area contributed by atoms with E-state index in [1.807, 2.05) is 12.1 Å². The lowest BCUT2D eigenvalue weighted by Crippen LogP contribution is -2.66. The molecular weight excluding hydrogens is 398 g/mol. The molecule has 6 atom stereocenters. The second kappa shape index (κ2) is 8.94. The zero-order valence-electron chi connectivity index (χ0n) is 18.0. The highest BCUT2D eigenvalue weighted by atomic mass is 16.5. The molecule has 168 valence electrons. The van der Waals surface area contributed by atoms with Crippen molar-refractivity contribution >= 4 is 17.7 Å². The van der Waals surface area contributed by atoms with Crippen LogP contribution in [-0.4, -0.2) is 60.3 Å². The zero-order chi connectivity index (χ0) is 22.1. The average molecular weight is 430 g/mol. The van der Waals surface area contributed by atoms with Crippen molar-refractivity contribution in [3.8, 4) is 0 Å². The maximum Gasteiger partial charge on any atom is 0.252 e. The summed E-state index contributed by atoms with van der Waals surface area (Å²) in [5, 5.41) is 8.47. The summed E-state index contributed by atoms with van der Waals surface area (Å²) >= 11 is 0. The SMILES string of the molecule is CN[C@@H](N)C(=O)NC1C(=O)N2C(C(=O)NC3CCCc4ccccc43)CC[C@@H]2O[C@@H]1C. The highest BCUT2D eigenvalue weighted by Gasteiger charge is 2.50. The first-order valence-electron chi connectivity index (χ1n) is 11.0. The van der Waals surface area contributed by atoms with Crippen LogP contribution < -0.4 is 21.7 Å². The van der Waals surface area contributed by atoms with Crippen molar-refractivity contribution < 1.29 is 19.1 Å². The van der Waals surface area contributed by atoms with Gasteiger partial charge >= 0.3 is 0 Å². The fraction of sp³-hybridized carbons (Fsp3) is 0.591. The topological polar surface area (TPSA) is 126 Å². The molecule has 2 fully saturated rings. The Morgan fingerprint density at radius 3 is 2.74 bits per heavy atom. The van der Waals surface area contributed by atoms with Gasteiger partial charge in [0.25, 0.3) is 11.8 Å². The molecule has 4 rings (SSSR count). The quantitative estimate of drug-likeness (QED) is 0.485. The van der Waals surface area contributed by atoms with Crippen molar-refractivity contribution in [2.45, 2.75) is 75.7 Å². The van der Waals surface area contributed by atoms with Gasteiger partial charge in [-0.1, -0.05) is 24.3 Å². The van der Waals surface area contributed by atoms with E-state index in [0.717, 1.165) is 24.8 Å². The number of carbonyl (C=O) groups excluding carboxylic acids is 3. The number of ether oxygens (including phenoxy) is 1. The third kappa shape index (κ3) is 4.17. The van der Waals surface area contributed by atoms with E-state index < -0.39 is 36.5 Å². The Morgan fingerprint density at radius 1 is 1.19 bits per heavy atom. The van der Waals surface area contributed by atoms with Gasteiger partial charge in [-0.15, -0.1) is 0 Å². The van der Waals surface area contributed by atoms with Crippen LogP contribution >= 0.6 is 0 Å². The number of nitrogens with one attached hydrogen (secondary N) is 3. The van der Waals surface area contributed by atoms with E-state index in [4.69, 9.17) is 10.5 Å². The van der Waals surface area contributed by atoms with Gasteiger partial charge in [-0.2, -0.15) is 0 Å². The number of hydrogen-bond donors (Lipinski definition) is 4. The second-order valence-electron chi connectivity index (χ2n) is 8.54. The number of carbonyl (C=O) groups is 3. The number of aryl methyl sites for hydroxylation is 1. The molecule has 1 aromatic rings. The van der Waals surface area contributed by atoms with E-state index in [0.29, 0.717) is 12.8 Å². The molecule has 2 saturated heterocycles.